The minimum atomic E-state index is -0.372. The summed E-state index contributed by atoms with van der Waals surface area (Å²) in [4.78, 5) is 15.6. The lowest BCUT2D eigenvalue weighted by Gasteiger charge is -2.23. The lowest BCUT2D eigenvalue weighted by atomic mass is 10.1. The number of aromatic nitrogens is 2. The van der Waals surface area contributed by atoms with Crippen LogP contribution in [0.25, 0.3) is 11.0 Å². The summed E-state index contributed by atoms with van der Waals surface area (Å²) in [5.74, 6) is 0. The zero-order valence-corrected chi connectivity index (χ0v) is 15.4. The normalized spacial score (nSPS) is 15.4. The van der Waals surface area contributed by atoms with Crippen LogP contribution in [0.4, 0.5) is 17.1 Å². The maximum Gasteiger partial charge on any atom is 0.323 e. The molecule has 1 N–H and O–H groups in total. The summed E-state index contributed by atoms with van der Waals surface area (Å²) in [6, 6.07) is 1.84. The molecule has 26 heavy (non-hydrogen) atoms. The number of fused-ring (bicyclic) bond motifs is 1. The second-order valence-corrected chi connectivity index (χ2v) is 7.00. The largest absolute Gasteiger partial charge is 0.383 e. The second kappa shape index (κ2) is 8.31. The Hall–Kier alpha value is -2.42. The van der Waals surface area contributed by atoms with Crippen molar-refractivity contribution in [3.8, 4) is 0 Å². The van der Waals surface area contributed by atoms with Crippen molar-refractivity contribution in [1.82, 2.24) is 15.2 Å². The van der Waals surface area contributed by atoms with E-state index in [2.05, 4.69) is 25.4 Å². The van der Waals surface area contributed by atoms with Gasteiger partial charge in [-0.15, -0.1) is 0 Å². The SMILES string of the molecule is CN(C)CCCNc1cc(N2CCCCCC2)c([N+](=O)[O-])c2nonc12. The Kier molecular flexibility index (Phi) is 5.87. The van der Waals surface area contributed by atoms with Crippen molar-refractivity contribution in [2.24, 2.45) is 0 Å². The molecule has 0 radical (unpaired) electrons. The highest BCUT2D eigenvalue weighted by molar-refractivity contribution is 5.99. The lowest BCUT2D eigenvalue weighted by molar-refractivity contribution is -0.382. The van der Waals surface area contributed by atoms with Crippen LogP contribution in [0.1, 0.15) is 32.1 Å². The molecule has 0 bridgehead atoms. The fourth-order valence-electron chi connectivity index (χ4n) is 3.40. The first kappa shape index (κ1) is 18.4. The number of nitrogens with zero attached hydrogens (tertiary/aromatic N) is 5. The van der Waals surface area contributed by atoms with E-state index in [-0.39, 0.29) is 16.1 Å². The van der Waals surface area contributed by atoms with Crippen LogP contribution in [0.2, 0.25) is 0 Å². The zero-order chi connectivity index (χ0) is 18.5. The summed E-state index contributed by atoms with van der Waals surface area (Å²) in [5.41, 5.74) is 1.97. The highest BCUT2D eigenvalue weighted by Gasteiger charge is 2.29. The van der Waals surface area contributed by atoms with E-state index in [0.29, 0.717) is 11.2 Å². The summed E-state index contributed by atoms with van der Waals surface area (Å²) >= 11 is 0. The molecule has 3 rings (SSSR count). The summed E-state index contributed by atoms with van der Waals surface area (Å²) in [5, 5.41) is 22.8. The van der Waals surface area contributed by atoms with E-state index in [9.17, 15) is 10.1 Å². The third kappa shape index (κ3) is 4.04. The van der Waals surface area contributed by atoms with Crippen molar-refractivity contribution in [1.29, 1.82) is 0 Å². The molecule has 9 heteroatoms. The molecule has 1 aliphatic rings. The van der Waals surface area contributed by atoms with Gasteiger partial charge in [-0.2, -0.15) is 0 Å². The van der Waals surface area contributed by atoms with E-state index < -0.39 is 0 Å². The number of rotatable bonds is 7. The number of nitro groups is 1. The van der Waals surface area contributed by atoms with E-state index in [0.717, 1.165) is 64.0 Å². The third-order valence-corrected chi connectivity index (χ3v) is 4.72. The maximum absolute atomic E-state index is 11.8. The van der Waals surface area contributed by atoms with Crippen molar-refractivity contribution >= 4 is 28.1 Å². The molecule has 2 heterocycles. The maximum atomic E-state index is 11.8. The van der Waals surface area contributed by atoms with Gasteiger partial charge < -0.3 is 15.1 Å². The highest BCUT2D eigenvalue weighted by Crippen LogP contribution is 2.39. The zero-order valence-electron chi connectivity index (χ0n) is 15.4. The number of hydrogen-bond acceptors (Lipinski definition) is 8. The first-order chi connectivity index (χ1) is 12.6. The average molecular weight is 362 g/mol. The minimum absolute atomic E-state index is 0.0120. The van der Waals surface area contributed by atoms with Crippen LogP contribution in [0.15, 0.2) is 10.7 Å². The average Bonchev–Trinajstić information content (AvgIpc) is 2.92. The molecule has 0 amide bonds. The molecule has 1 aliphatic heterocycles. The number of anilines is 2. The Morgan fingerprint density at radius 2 is 1.92 bits per heavy atom. The highest BCUT2D eigenvalue weighted by atomic mass is 16.6. The molecule has 0 aliphatic carbocycles. The Morgan fingerprint density at radius 1 is 1.23 bits per heavy atom. The first-order valence-electron chi connectivity index (χ1n) is 9.15. The molecule has 0 saturated carbocycles. The fraction of sp³-hybridized carbons (Fsp3) is 0.647. The standard InChI is InChI=1S/C17H26N6O3/c1-21(2)9-7-8-18-13-12-14(22-10-5-3-4-6-11-22)17(23(24)25)16-15(13)19-26-20-16/h12,18H,3-11H2,1-2H3. The third-order valence-electron chi connectivity index (χ3n) is 4.72. The van der Waals surface area contributed by atoms with E-state index in [1.165, 1.54) is 0 Å². The van der Waals surface area contributed by atoms with E-state index >= 15 is 0 Å². The number of nitrogens with one attached hydrogen (secondary N) is 1. The monoisotopic (exact) mass is 362 g/mol. The number of nitro benzene ring substituents is 1. The van der Waals surface area contributed by atoms with Crippen LogP contribution in [0.5, 0.6) is 0 Å². The quantitative estimate of drug-likeness (QED) is 0.456. The van der Waals surface area contributed by atoms with Gasteiger partial charge in [0.15, 0.2) is 5.52 Å². The van der Waals surface area contributed by atoms with E-state index in [1.807, 2.05) is 20.2 Å². The van der Waals surface area contributed by atoms with Gasteiger partial charge in [0, 0.05) is 19.6 Å². The summed E-state index contributed by atoms with van der Waals surface area (Å²) in [7, 11) is 4.06. The van der Waals surface area contributed by atoms with Gasteiger partial charge >= 0.3 is 5.69 Å². The molecule has 0 spiro atoms. The topological polar surface area (TPSA) is 101 Å². The predicted octanol–water partition coefficient (Wildman–Crippen LogP) is 2.88. The lowest BCUT2D eigenvalue weighted by Crippen LogP contribution is -2.25. The van der Waals surface area contributed by atoms with E-state index in [4.69, 9.17) is 4.63 Å². The van der Waals surface area contributed by atoms with Crippen molar-refractivity contribution in [2.75, 3.05) is 50.5 Å². The first-order valence-corrected chi connectivity index (χ1v) is 9.15. The molecule has 1 aromatic heterocycles. The van der Waals surface area contributed by atoms with Crippen LogP contribution >= 0.6 is 0 Å². The number of benzene rings is 1. The van der Waals surface area contributed by atoms with Gasteiger partial charge in [0.2, 0.25) is 5.52 Å². The molecule has 0 atom stereocenters. The van der Waals surface area contributed by atoms with Gasteiger partial charge in [-0.05, 0) is 56.3 Å². The molecule has 142 valence electrons. The molecule has 2 aromatic rings. The Balaban J connectivity index is 1.95. The second-order valence-electron chi connectivity index (χ2n) is 7.00. The Morgan fingerprint density at radius 3 is 2.58 bits per heavy atom. The predicted molar refractivity (Wildman–Crippen MR) is 101 cm³/mol. The molecule has 1 aromatic carbocycles. The smallest absolute Gasteiger partial charge is 0.323 e. The van der Waals surface area contributed by atoms with Crippen molar-refractivity contribution in [2.45, 2.75) is 32.1 Å². The Labute approximate surface area is 152 Å². The number of hydrogen-bond donors (Lipinski definition) is 1. The van der Waals surface area contributed by atoms with Gasteiger partial charge in [0.1, 0.15) is 5.69 Å². The van der Waals surface area contributed by atoms with Crippen LogP contribution in [0, 0.1) is 10.1 Å². The molecule has 1 saturated heterocycles. The van der Waals surface area contributed by atoms with Gasteiger partial charge in [-0.25, -0.2) is 4.63 Å². The van der Waals surface area contributed by atoms with Gasteiger partial charge in [-0.1, -0.05) is 12.8 Å². The van der Waals surface area contributed by atoms with Crippen molar-refractivity contribution < 1.29 is 9.55 Å². The summed E-state index contributed by atoms with van der Waals surface area (Å²) < 4.78 is 4.84. The van der Waals surface area contributed by atoms with Gasteiger partial charge in [-0.3, -0.25) is 10.1 Å². The molecular weight excluding hydrogens is 336 g/mol. The summed E-state index contributed by atoms with van der Waals surface area (Å²) in [6.07, 6.45) is 5.35. The van der Waals surface area contributed by atoms with Gasteiger partial charge in [0.25, 0.3) is 0 Å². The van der Waals surface area contributed by atoms with Crippen LogP contribution in [-0.2, 0) is 0 Å². The fourth-order valence-corrected chi connectivity index (χ4v) is 3.40. The van der Waals surface area contributed by atoms with Crippen molar-refractivity contribution in [3.05, 3.63) is 16.2 Å². The van der Waals surface area contributed by atoms with Gasteiger partial charge in [0.05, 0.1) is 10.6 Å². The van der Waals surface area contributed by atoms with Crippen LogP contribution < -0.4 is 10.2 Å². The van der Waals surface area contributed by atoms with E-state index in [1.54, 1.807) is 0 Å². The molecular formula is C17H26N6O3. The minimum Gasteiger partial charge on any atom is -0.383 e. The molecule has 9 nitrogen and oxygen atoms in total. The molecule has 1 fully saturated rings. The van der Waals surface area contributed by atoms with Crippen LogP contribution in [0.3, 0.4) is 0 Å². The Bertz CT molecular complexity index is 752. The van der Waals surface area contributed by atoms with Crippen LogP contribution in [-0.4, -0.2) is 60.4 Å². The molecule has 0 unspecified atom stereocenters. The van der Waals surface area contributed by atoms with Crippen molar-refractivity contribution in [3.63, 3.8) is 0 Å². The summed E-state index contributed by atoms with van der Waals surface area (Å²) in [6.45, 7) is 3.34.